The minimum absolute atomic E-state index is 0.0603. The Morgan fingerprint density at radius 2 is 1.82 bits per heavy atom. The fourth-order valence-electron chi connectivity index (χ4n) is 2.04. The van der Waals surface area contributed by atoms with Crippen molar-refractivity contribution in [3.05, 3.63) is 53.8 Å². The van der Waals surface area contributed by atoms with Crippen molar-refractivity contribution in [2.75, 3.05) is 11.6 Å². The highest BCUT2D eigenvalue weighted by molar-refractivity contribution is 5.91. The summed E-state index contributed by atoms with van der Waals surface area (Å²) in [5, 5.41) is 4.71. The lowest BCUT2D eigenvalue weighted by atomic mass is 10.0. The number of hydrogen-bond acceptors (Lipinski definition) is 3. The minimum atomic E-state index is -1.06. The molecule has 2 aromatic rings. The lowest BCUT2D eigenvalue weighted by molar-refractivity contribution is 0.167. The summed E-state index contributed by atoms with van der Waals surface area (Å²) in [6.07, 6.45) is 0.644. The minimum Gasteiger partial charge on any atom is -0.442 e. The van der Waals surface area contributed by atoms with Crippen LogP contribution >= 0.6 is 0 Å². The summed E-state index contributed by atoms with van der Waals surface area (Å²) in [5.41, 5.74) is 0.439. The van der Waals surface area contributed by atoms with Crippen molar-refractivity contribution in [2.24, 2.45) is 5.10 Å². The topological polar surface area (TPSA) is 41.9 Å². The van der Waals surface area contributed by atoms with Gasteiger partial charge in [0.1, 0.15) is 12.4 Å². The van der Waals surface area contributed by atoms with Crippen LogP contribution in [0.4, 0.5) is 23.7 Å². The third-order valence-electron chi connectivity index (χ3n) is 3.08. The number of cyclic esters (lactones) is 1. The molecule has 0 spiro atoms. The summed E-state index contributed by atoms with van der Waals surface area (Å²) < 4.78 is 45.1. The molecule has 0 fully saturated rings. The van der Waals surface area contributed by atoms with Crippen LogP contribution in [0.3, 0.4) is 0 Å². The van der Waals surface area contributed by atoms with Gasteiger partial charge in [0.15, 0.2) is 11.6 Å². The molecule has 4 nitrogen and oxygen atoms in total. The van der Waals surface area contributed by atoms with Gasteiger partial charge in [-0.2, -0.15) is 10.1 Å². The van der Waals surface area contributed by atoms with E-state index in [-0.39, 0.29) is 23.4 Å². The van der Waals surface area contributed by atoms with Crippen LogP contribution in [0.1, 0.15) is 0 Å². The molecule has 1 aliphatic rings. The molecule has 22 heavy (non-hydrogen) atoms. The Bertz CT molecular complexity index is 777. The van der Waals surface area contributed by atoms with Gasteiger partial charge in [-0.1, -0.05) is 6.07 Å². The zero-order valence-corrected chi connectivity index (χ0v) is 11.1. The van der Waals surface area contributed by atoms with Gasteiger partial charge in [-0.05, 0) is 29.8 Å². The maximum Gasteiger partial charge on any atom is 0.435 e. The van der Waals surface area contributed by atoms with Gasteiger partial charge in [-0.25, -0.2) is 18.0 Å². The number of hydrazone groups is 1. The number of halogens is 3. The molecular formula is C15H9F3N2O2. The van der Waals surface area contributed by atoms with Crippen LogP contribution in [0.15, 0.2) is 41.5 Å². The van der Waals surface area contributed by atoms with E-state index in [0.29, 0.717) is 0 Å². The van der Waals surface area contributed by atoms with Crippen molar-refractivity contribution >= 4 is 18.0 Å². The van der Waals surface area contributed by atoms with Crippen LogP contribution in [-0.2, 0) is 4.74 Å². The highest BCUT2D eigenvalue weighted by Crippen LogP contribution is 2.28. The van der Waals surface area contributed by atoms with E-state index in [1.807, 2.05) is 0 Å². The third-order valence-corrected chi connectivity index (χ3v) is 3.08. The molecule has 2 aromatic carbocycles. The van der Waals surface area contributed by atoms with E-state index in [2.05, 4.69) is 5.10 Å². The monoisotopic (exact) mass is 306 g/mol. The van der Waals surface area contributed by atoms with E-state index in [4.69, 9.17) is 4.74 Å². The molecule has 0 aromatic heterocycles. The molecule has 1 amide bonds. The molecule has 7 heteroatoms. The van der Waals surface area contributed by atoms with E-state index in [9.17, 15) is 18.0 Å². The fourth-order valence-corrected chi connectivity index (χ4v) is 2.04. The molecule has 112 valence electrons. The highest BCUT2D eigenvalue weighted by atomic mass is 19.2. The van der Waals surface area contributed by atoms with Crippen molar-refractivity contribution in [1.82, 2.24) is 0 Å². The molecule has 0 unspecified atom stereocenters. The Labute approximate surface area is 123 Å². The zero-order valence-electron chi connectivity index (χ0n) is 11.1. The van der Waals surface area contributed by atoms with E-state index in [0.717, 1.165) is 23.2 Å². The van der Waals surface area contributed by atoms with Gasteiger partial charge in [0.25, 0.3) is 0 Å². The highest BCUT2D eigenvalue weighted by Gasteiger charge is 2.20. The first-order chi connectivity index (χ1) is 10.6. The summed E-state index contributed by atoms with van der Waals surface area (Å²) in [6.45, 7) is 0.0603. The smallest absolute Gasteiger partial charge is 0.435 e. The molecule has 3 rings (SSSR count). The third kappa shape index (κ3) is 2.52. The quantitative estimate of drug-likeness (QED) is 0.848. The second kappa shape index (κ2) is 5.51. The first kappa shape index (κ1) is 14.1. The normalized spacial score (nSPS) is 14.1. The van der Waals surface area contributed by atoms with E-state index < -0.39 is 23.5 Å². The van der Waals surface area contributed by atoms with E-state index in [1.54, 1.807) is 0 Å². The number of ether oxygens (including phenoxy) is 1. The molecule has 0 aliphatic carbocycles. The Kier molecular flexibility index (Phi) is 3.54. The number of carbonyl (C=O) groups is 1. The largest absolute Gasteiger partial charge is 0.442 e. The summed E-state index contributed by atoms with van der Waals surface area (Å²) in [6, 6.07) is 6.95. The van der Waals surface area contributed by atoms with Crippen molar-refractivity contribution in [3.8, 4) is 11.1 Å². The number of benzene rings is 2. The first-order valence-corrected chi connectivity index (χ1v) is 6.30. The maximum absolute atomic E-state index is 14.2. The summed E-state index contributed by atoms with van der Waals surface area (Å²) >= 11 is 0. The Morgan fingerprint density at radius 1 is 1.00 bits per heavy atom. The second-order valence-electron chi connectivity index (χ2n) is 4.48. The molecule has 1 aliphatic heterocycles. The van der Waals surface area contributed by atoms with Crippen LogP contribution in [0, 0.1) is 17.5 Å². The molecule has 0 saturated heterocycles. The SMILES string of the molecule is O=C1OCC=NN1c1ccc(-c2ccc(F)c(F)c2)c(F)c1. The van der Waals surface area contributed by atoms with Gasteiger partial charge in [0.2, 0.25) is 0 Å². The predicted molar refractivity (Wildman–Crippen MR) is 74.1 cm³/mol. The van der Waals surface area contributed by atoms with Crippen molar-refractivity contribution < 1.29 is 22.7 Å². The first-order valence-electron chi connectivity index (χ1n) is 6.30. The van der Waals surface area contributed by atoms with Crippen molar-refractivity contribution in [1.29, 1.82) is 0 Å². The summed E-state index contributed by atoms with van der Waals surface area (Å²) in [4.78, 5) is 11.5. The van der Waals surface area contributed by atoms with Gasteiger partial charge >= 0.3 is 6.09 Å². The summed E-state index contributed by atoms with van der Waals surface area (Å²) in [7, 11) is 0. The number of rotatable bonds is 2. The van der Waals surface area contributed by atoms with Gasteiger partial charge in [-0.3, -0.25) is 0 Å². The van der Waals surface area contributed by atoms with Crippen LogP contribution < -0.4 is 5.01 Å². The Morgan fingerprint density at radius 3 is 2.50 bits per heavy atom. The summed E-state index contributed by atoms with van der Waals surface area (Å²) in [5.74, 6) is -2.77. The Balaban J connectivity index is 1.98. The molecule has 0 N–H and O–H groups in total. The molecule has 1 heterocycles. The molecular weight excluding hydrogens is 297 g/mol. The number of amides is 1. The zero-order chi connectivity index (χ0) is 15.7. The molecule has 0 radical (unpaired) electrons. The van der Waals surface area contributed by atoms with Crippen molar-refractivity contribution in [3.63, 3.8) is 0 Å². The van der Waals surface area contributed by atoms with Gasteiger partial charge < -0.3 is 4.74 Å². The lowest BCUT2D eigenvalue weighted by Gasteiger charge is -2.20. The van der Waals surface area contributed by atoms with Gasteiger partial charge in [0.05, 0.1) is 11.9 Å². The number of hydrogen-bond donors (Lipinski definition) is 0. The molecule has 0 bridgehead atoms. The van der Waals surface area contributed by atoms with E-state index >= 15 is 0 Å². The molecule has 0 saturated carbocycles. The van der Waals surface area contributed by atoms with Crippen molar-refractivity contribution in [2.45, 2.75) is 0 Å². The average molecular weight is 306 g/mol. The Hall–Kier alpha value is -2.83. The van der Waals surface area contributed by atoms with Crippen LogP contribution in [0.2, 0.25) is 0 Å². The van der Waals surface area contributed by atoms with Crippen LogP contribution in [-0.4, -0.2) is 18.9 Å². The predicted octanol–water partition coefficient (Wildman–Crippen LogP) is 3.71. The van der Waals surface area contributed by atoms with E-state index in [1.165, 1.54) is 24.4 Å². The number of nitrogens with zero attached hydrogens (tertiary/aromatic N) is 2. The van der Waals surface area contributed by atoms with Crippen LogP contribution in [0.5, 0.6) is 0 Å². The van der Waals surface area contributed by atoms with Gasteiger partial charge in [0, 0.05) is 11.6 Å². The standard InChI is InChI=1S/C15H9F3N2O2/c16-12-4-1-9(7-14(12)18)11-3-2-10(8-13(11)17)20-15(21)22-6-5-19-20/h1-5,7-8H,6H2. The average Bonchev–Trinajstić information content (AvgIpc) is 2.50. The lowest BCUT2D eigenvalue weighted by Crippen LogP contribution is -2.31. The van der Waals surface area contributed by atoms with Gasteiger partial charge in [-0.15, -0.1) is 0 Å². The van der Waals surface area contributed by atoms with Crippen LogP contribution in [0.25, 0.3) is 11.1 Å². The molecule has 0 atom stereocenters. The number of anilines is 1. The maximum atomic E-state index is 14.2. The fraction of sp³-hybridized carbons (Fsp3) is 0.0667. The second-order valence-corrected chi connectivity index (χ2v) is 4.48. The number of carbonyl (C=O) groups excluding carboxylic acids is 1.